The van der Waals surface area contributed by atoms with Crippen molar-refractivity contribution in [2.45, 2.75) is 18.8 Å². The van der Waals surface area contributed by atoms with Crippen molar-refractivity contribution >= 4 is 5.97 Å². The van der Waals surface area contributed by atoms with Crippen molar-refractivity contribution in [1.29, 1.82) is 0 Å². The van der Waals surface area contributed by atoms with Gasteiger partial charge in [-0.3, -0.25) is 4.79 Å². The molecule has 2 rings (SSSR count). The van der Waals surface area contributed by atoms with Crippen LogP contribution in [0.25, 0.3) is 0 Å². The molecule has 4 heteroatoms. The van der Waals surface area contributed by atoms with Crippen molar-refractivity contribution < 1.29 is 14.3 Å². The summed E-state index contributed by atoms with van der Waals surface area (Å²) in [6, 6.07) is 6.69. The number of carboxylic acid groups (broad SMARTS) is 1. The summed E-state index contributed by atoms with van der Waals surface area (Å²) in [5, 5.41) is 8.63. The van der Waals surface area contributed by atoms with Crippen molar-refractivity contribution in [3.05, 3.63) is 47.8 Å². The maximum atomic E-state index is 13.0. The van der Waals surface area contributed by atoms with E-state index in [4.69, 9.17) is 5.11 Å². The molecular weight excluding hydrogens is 257 g/mol. The molecule has 108 valence electrons. The highest BCUT2D eigenvalue weighted by Crippen LogP contribution is 2.33. The number of aliphatic carboxylic acids is 1. The Morgan fingerprint density at radius 1 is 1.40 bits per heavy atom. The first-order chi connectivity index (χ1) is 9.56. The number of nitrogens with zero attached hydrogens (tertiary/aromatic N) is 1. The number of likely N-dealkylation sites (tertiary alicyclic amines) is 1. The van der Waals surface area contributed by atoms with Crippen LogP contribution < -0.4 is 0 Å². The van der Waals surface area contributed by atoms with Crippen LogP contribution in [0.5, 0.6) is 0 Å². The minimum absolute atomic E-state index is 0.167. The molecule has 1 fully saturated rings. The van der Waals surface area contributed by atoms with Gasteiger partial charge in [0.05, 0.1) is 0 Å². The standard InChI is InChI=1S/C16H20FNO2/c1-18-10-13(4-2-3-5-16(19)20)15(11-18)12-6-8-14(17)9-7-12/h2,4,6-9,13,15H,3,5,10-11H2,1H3,(H,19,20)/t13-,15+/m1/s1. The maximum absolute atomic E-state index is 13.0. The van der Waals surface area contributed by atoms with Crippen molar-refractivity contribution in [3.8, 4) is 0 Å². The lowest BCUT2D eigenvalue weighted by atomic mass is 9.88. The Morgan fingerprint density at radius 2 is 2.10 bits per heavy atom. The monoisotopic (exact) mass is 277 g/mol. The molecule has 1 N–H and O–H groups in total. The second-order valence-corrected chi connectivity index (χ2v) is 5.40. The fourth-order valence-corrected chi connectivity index (χ4v) is 2.77. The smallest absolute Gasteiger partial charge is 0.303 e. The van der Waals surface area contributed by atoms with Gasteiger partial charge in [0.1, 0.15) is 5.82 Å². The van der Waals surface area contributed by atoms with E-state index in [0.29, 0.717) is 18.3 Å². The number of benzene rings is 1. The average Bonchev–Trinajstić information content (AvgIpc) is 2.76. The molecule has 3 nitrogen and oxygen atoms in total. The molecule has 1 saturated heterocycles. The topological polar surface area (TPSA) is 40.5 Å². The fraction of sp³-hybridized carbons (Fsp3) is 0.438. The summed E-state index contributed by atoms with van der Waals surface area (Å²) in [6.07, 6.45) is 4.79. The zero-order valence-corrected chi connectivity index (χ0v) is 11.6. The highest BCUT2D eigenvalue weighted by Gasteiger charge is 2.29. The van der Waals surface area contributed by atoms with Gasteiger partial charge < -0.3 is 10.0 Å². The highest BCUT2D eigenvalue weighted by molar-refractivity contribution is 5.66. The molecule has 0 spiro atoms. The van der Waals surface area contributed by atoms with Crippen LogP contribution in [0.3, 0.4) is 0 Å². The first-order valence-corrected chi connectivity index (χ1v) is 6.88. The Balaban J connectivity index is 2.02. The van der Waals surface area contributed by atoms with Gasteiger partial charge in [-0.05, 0) is 37.1 Å². The van der Waals surface area contributed by atoms with E-state index in [1.807, 2.05) is 18.2 Å². The number of likely N-dealkylation sites (N-methyl/N-ethyl adjacent to an activating group) is 1. The molecule has 1 aliphatic rings. The van der Waals surface area contributed by atoms with E-state index in [1.54, 1.807) is 0 Å². The minimum Gasteiger partial charge on any atom is -0.481 e. The Labute approximate surface area is 118 Å². The van der Waals surface area contributed by atoms with E-state index in [2.05, 4.69) is 18.0 Å². The number of rotatable bonds is 5. The predicted octanol–water partition coefficient (Wildman–Crippen LogP) is 2.89. The molecule has 20 heavy (non-hydrogen) atoms. The number of carbonyl (C=O) groups is 1. The van der Waals surface area contributed by atoms with Crippen LogP contribution in [0.4, 0.5) is 4.39 Å². The van der Waals surface area contributed by atoms with Gasteiger partial charge >= 0.3 is 5.97 Å². The molecule has 0 saturated carbocycles. The molecule has 0 aromatic heterocycles. The Bertz CT molecular complexity index is 484. The Hall–Kier alpha value is -1.68. The molecule has 1 aliphatic heterocycles. The molecule has 0 amide bonds. The van der Waals surface area contributed by atoms with Crippen LogP contribution in [0.15, 0.2) is 36.4 Å². The summed E-state index contributed by atoms with van der Waals surface area (Å²) in [5.41, 5.74) is 1.14. The van der Waals surface area contributed by atoms with E-state index >= 15 is 0 Å². The number of carboxylic acids is 1. The van der Waals surface area contributed by atoms with E-state index in [0.717, 1.165) is 18.7 Å². The van der Waals surface area contributed by atoms with E-state index in [1.165, 1.54) is 12.1 Å². The van der Waals surface area contributed by atoms with Gasteiger partial charge in [0.2, 0.25) is 0 Å². The number of allylic oxidation sites excluding steroid dienone is 1. The minimum atomic E-state index is -0.770. The Morgan fingerprint density at radius 3 is 2.75 bits per heavy atom. The number of hydrogen-bond acceptors (Lipinski definition) is 2. The molecule has 1 aromatic rings. The van der Waals surface area contributed by atoms with Crippen LogP contribution in [0.2, 0.25) is 0 Å². The molecule has 2 atom stereocenters. The second kappa shape index (κ2) is 6.66. The van der Waals surface area contributed by atoms with Crippen LogP contribution in [-0.4, -0.2) is 36.1 Å². The van der Waals surface area contributed by atoms with Crippen molar-refractivity contribution in [1.82, 2.24) is 4.90 Å². The second-order valence-electron chi connectivity index (χ2n) is 5.40. The van der Waals surface area contributed by atoms with Gasteiger partial charge in [-0.2, -0.15) is 0 Å². The van der Waals surface area contributed by atoms with E-state index < -0.39 is 5.97 Å². The SMILES string of the molecule is CN1C[C@@H](C=CCCC(=O)O)[C@H](c2ccc(F)cc2)C1. The van der Waals surface area contributed by atoms with Gasteiger partial charge in [0, 0.05) is 25.4 Å². The van der Waals surface area contributed by atoms with Crippen LogP contribution in [0, 0.1) is 11.7 Å². The largest absolute Gasteiger partial charge is 0.481 e. The summed E-state index contributed by atoms with van der Waals surface area (Å²) >= 11 is 0. The first kappa shape index (κ1) is 14.7. The lowest BCUT2D eigenvalue weighted by molar-refractivity contribution is -0.136. The van der Waals surface area contributed by atoms with E-state index in [-0.39, 0.29) is 12.2 Å². The summed E-state index contributed by atoms with van der Waals surface area (Å²) in [6.45, 7) is 1.89. The maximum Gasteiger partial charge on any atom is 0.303 e. The molecule has 0 aliphatic carbocycles. The summed E-state index contributed by atoms with van der Waals surface area (Å²) < 4.78 is 13.0. The fourth-order valence-electron chi connectivity index (χ4n) is 2.77. The van der Waals surface area contributed by atoms with Gasteiger partial charge in [-0.25, -0.2) is 4.39 Å². The first-order valence-electron chi connectivity index (χ1n) is 6.88. The number of hydrogen-bond donors (Lipinski definition) is 1. The molecule has 0 unspecified atom stereocenters. The van der Waals surface area contributed by atoms with Crippen LogP contribution in [0.1, 0.15) is 24.3 Å². The van der Waals surface area contributed by atoms with Crippen molar-refractivity contribution in [2.24, 2.45) is 5.92 Å². The molecule has 0 radical (unpaired) electrons. The average molecular weight is 277 g/mol. The van der Waals surface area contributed by atoms with Gasteiger partial charge in [-0.1, -0.05) is 24.3 Å². The zero-order chi connectivity index (χ0) is 14.5. The van der Waals surface area contributed by atoms with Gasteiger partial charge in [0.15, 0.2) is 0 Å². The molecule has 1 heterocycles. The van der Waals surface area contributed by atoms with Gasteiger partial charge in [-0.15, -0.1) is 0 Å². The summed E-state index contributed by atoms with van der Waals surface area (Å²) in [4.78, 5) is 12.7. The third kappa shape index (κ3) is 3.90. The summed E-state index contributed by atoms with van der Waals surface area (Å²) in [5.74, 6) is -0.275. The van der Waals surface area contributed by atoms with Crippen LogP contribution in [-0.2, 0) is 4.79 Å². The zero-order valence-electron chi connectivity index (χ0n) is 11.6. The van der Waals surface area contributed by atoms with Crippen molar-refractivity contribution in [3.63, 3.8) is 0 Å². The Kier molecular flexibility index (Phi) is 4.90. The van der Waals surface area contributed by atoms with Crippen LogP contribution >= 0.6 is 0 Å². The number of halogens is 1. The molecular formula is C16H20FNO2. The van der Waals surface area contributed by atoms with Gasteiger partial charge in [0.25, 0.3) is 0 Å². The quantitative estimate of drug-likeness (QED) is 0.841. The molecule has 0 bridgehead atoms. The third-order valence-electron chi connectivity index (χ3n) is 3.75. The highest BCUT2D eigenvalue weighted by atomic mass is 19.1. The normalized spacial score (nSPS) is 23.5. The lowest BCUT2D eigenvalue weighted by Gasteiger charge is -2.15. The van der Waals surface area contributed by atoms with Crippen molar-refractivity contribution in [2.75, 3.05) is 20.1 Å². The lowest BCUT2D eigenvalue weighted by Crippen LogP contribution is -2.13. The van der Waals surface area contributed by atoms with E-state index in [9.17, 15) is 9.18 Å². The molecule has 1 aromatic carbocycles. The predicted molar refractivity (Wildman–Crippen MR) is 76.1 cm³/mol. The third-order valence-corrected chi connectivity index (χ3v) is 3.75. The summed E-state index contributed by atoms with van der Waals surface area (Å²) in [7, 11) is 2.07.